The van der Waals surface area contributed by atoms with E-state index < -0.39 is 0 Å². The molecule has 0 fully saturated rings. The molecule has 0 aromatic heterocycles. The first-order chi connectivity index (χ1) is 27.6. The van der Waals surface area contributed by atoms with E-state index in [1.807, 2.05) is 0 Å². The highest BCUT2D eigenvalue weighted by molar-refractivity contribution is 6.24. The lowest BCUT2D eigenvalue weighted by Crippen LogP contribution is -1.99. The Bertz CT molecular complexity index is 2980. The van der Waals surface area contributed by atoms with E-state index in [4.69, 9.17) is 4.99 Å². The molecule has 0 amide bonds. The predicted molar refractivity (Wildman–Crippen MR) is 243 cm³/mol. The van der Waals surface area contributed by atoms with E-state index in [0.29, 0.717) is 0 Å². The third-order valence-electron chi connectivity index (χ3n) is 11.1. The van der Waals surface area contributed by atoms with Gasteiger partial charge in [0.15, 0.2) is 0 Å². The summed E-state index contributed by atoms with van der Waals surface area (Å²) < 4.78 is 0. The van der Waals surface area contributed by atoms with E-state index >= 15 is 0 Å². The highest BCUT2D eigenvalue weighted by Crippen LogP contribution is 2.46. The van der Waals surface area contributed by atoms with Gasteiger partial charge in [-0.25, -0.2) is 4.99 Å². The second kappa shape index (κ2) is 15.1. The molecule has 1 nitrogen and oxygen atoms in total. The van der Waals surface area contributed by atoms with E-state index in [-0.39, 0.29) is 0 Å². The van der Waals surface area contributed by atoms with Crippen molar-refractivity contribution in [2.45, 2.75) is 26.7 Å². The van der Waals surface area contributed by atoms with Crippen LogP contribution in [0.2, 0.25) is 0 Å². The molecule has 56 heavy (non-hydrogen) atoms. The molecule has 0 bridgehead atoms. The molecule has 0 saturated heterocycles. The van der Waals surface area contributed by atoms with Crippen LogP contribution in [0, 0.1) is 0 Å². The van der Waals surface area contributed by atoms with Crippen molar-refractivity contribution in [2.75, 3.05) is 0 Å². The number of aliphatic imine (C=N–C) groups is 1. The molecule has 0 N–H and O–H groups in total. The fraction of sp³-hybridized carbons (Fsp3) is 0.0727. The standard InChI is InChI=1S/C55H43N/c1-4-15-39-26-28-40(29-27-39)37(2)34-53(43-18-6-5-7-19-43)56-38(3)44-32-33-51-52(36-44)55(48-25-14-21-42-17-10-11-22-47(42)48)50-24-13-12-23-49(50)54(51)46-31-30-41-16-8-9-20-45(41)35-46/h5-14,16-36H,3-4,15H2,1-2H3/b37-34+,56-53?. The number of benzene rings is 9. The van der Waals surface area contributed by atoms with Crippen LogP contribution in [0.1, 0.15) is 42.5 Å². The molecule has 0 atom stereocenters. The van der Waals surface area contributed by atoms with Crippen LogP contribution >= 0.6 is 0 Å². The van der Waals surface area contributed by atoms with Gasteiger partial charge >= 0.3 is 0 Å². The second-order valence-corrected chi connectivity index (χ2v) is 14.7. The SMILES string of the molecule is C=C(N=C(/C=C(\C)c1ccc(CCC)cc1)c1ccccc1)c1ccc2c(-c3ccc4ccccc4c3)c3ccccc3c(-c3cccc4ccccc34)c2c1. The monoisotopic (exact) mass is 717 g/mol. The molecule has 0 unspecified atom stereocenters. The number of hydrogen-bond acceptors (Lipinski definition) is 1. The molecule has 0 aliphatic carbocycles. The maximum Gasteiger partial charge on any atom is 0.0712 e. The third-order valence-corrected chi connectivity index (χ3v) is 11.1. The zero-order chi connectivity index (χ0) is 38.0. The minimum absolute atomic E-state index is 0.720. The van der Waals surface area contributed by atoms with Crippen molar-refractivity contribution in [1.82, 2.24) is 0 Å². The first kappa shape index (κ1) is 34.9. The van der Waals surface area contributed by atoms with Crippen LogP contribution in [0.4, 0.5) is 0 Å². The first-order valence-electron chi connectivity index (χ1n) is 19.6. The summed E-state index contributed by atoms with van der Waals surface area (Å²) in [5, 5.41) is 9.76. The molecule has 1 heteroatoms. The van der Waals surface area contributed by atoms with Crippen LogP contribution < -0.4 is 0 Å². The molecule has 0 saturated carbocycles. The average Bonchev–Trinajstić information content (AvgIpc) is 3.25. The summed E-state index contributed by atoms with van der Waals surface area (Å²) in [6.07, 6.45) is 4.43. The highest BCUT2D eigenvalue weighted by Gasteiger charge is 2.19. The van der Waals surface area contributed by atoms with Crippen molar-refractivity contribution in [3.05, 3.63) is 217 Å². The van der Waals surface area contributed by atoms with Crippen LogP contribution in [0.25, 0.3) is 76.6 Å². The molecule has 9 aromatic carbocycles. The van der Waals surface area contributed by atoms with Gasteiger partial charge in [-0.05, 0) is 114 Å². The fourth-order valence-electron chi connectivity index (χ4n) is 8.26. The van der Waals surface area contributed by atoms with Crippen molar-refractivity contribution in [1.29, 1.82) is 0 Å². The molecule has 0 aliphatic rings. The van der Waals surface area contributed by atoms with E-state index in [1.54, 1.807) is 0 Å². The molecule has 0 radical (unpaired) electrons. The molecule has 0 aliphatic heterocycles. The number of aryl methyl sites for hydroxylation is 1. The Balaban J connectivity index is 1.27. The van der Waals surface area contributed by atoms with Gasteiger partial charge in [0, 0.05) is 11.1 Å². The first-order valence-corrected chi connectivity index (χ1v) is 19.6. The normalized spacial score (nSPS) is 12.2. The Hall–Kier alpha value is -6.83. The van der Waals surface area contributed by atoms with Gasteiger partial charge < -0.3 is 0 Å². The summed E-state index contributed by atoms with van der Waals surface area (Å²) >= 11 is 0. The van der Waals surface area contributed by atoms with E-state index in [1.165, 1.54) is 76.5 Å². The minimum atomic E-state index is 0.720. The summed E-state index contributed by atoms with van der Waals surface area (Å²) in [6.45, 7) is 9.01. The fourth-order valence-corrected chi connectivity index (χ4v) is 8.26. The van der Waals surface area contributed by atoms with Crippen molar-refractivity contribution < 1.29 is 0 Å². The lowest BCUT2D eigenvalue weighted by Gasteiger charge is -2.20. The Kier molecular flexibility index (Phi) is 9.43. The number of fused-ring (bicyclic) bond motifs is 4. The molecule has 0 heterocycles. The molecule has 268 valence electrons. The van der Waals surface area contributed by atoms with Crippen LogP contribution in [-0.4, -0.2) is 5.71 Å². The van der Waals surface area contributed by atoms with Crippen molar-refractivity contribution in [2.24, 2.45) is 4.99 Å². The smallest absolute Gasteiger partial charge is 0.0712 e. The van der Waals surface area contributed by atoms with Crippen molar-refractivity contribution >= 4 is 60.1 Å². The average molecular weight is 718 g/mol. The van der Waals surface area contributed by atoms with Gasteiger partial charge in [-0.2, -0.15) is 0 Å². The number of rotatable bonds is 9. The van der Waals surface area contributed by atoms with Crippen molar-refractivity contribution in [3.63, 3.8) is 0 Å². The summed E-state index contributed by atoms with van der Waals surface area (Å²) in [5.74, 6) is 0. The van der Waals surface area contributed by atoms with Crippen LogP contribution in [-0.2, 0) is 6.42 Å². The van der Waals surface area contributed by atoms with E-state index in [9.17, 15) is 0 Å². The number of allylic oxidation sites excluding steroid dienone is 2. The van der Waals surface area contributed by atoms with E-state index in [0.717, 1.165) is 41.0 Å². The van der Waals surface area contributed by atoms with Gasteiger partial charge in [-0.3, -0.25) is 0 Å². The third kappa shape index (κ3) is 6.63. The van der Waals surface area contributed by atoms with Gasteiger partial charge in [0.2, 0.25) is 0 Å². The van der Waals surface area contributed by atoms with Crippen LogP contribution in [0.3, 0.4) is 0 Å². The van der Waals surface area contributed by atoms with Gasteiger partial charge in [0.05, 0.1) is 11.4 Å². The zero-order valence-electron chi connectivity index (χ0n) is 32.0. The lowest BCUT2D eigenvalue weighted by atomic mass is 9.83. The summed E-state index contributed by atoms with van der Waals surface area (Å²) in [5.41, 5.74) is 12.2. The molecular formula is C55H43N. The van der Waals surface area contributed by atoms with E-state index in [2.05, 4.69) is 208 Å². The molecular weight excluding hydrogens is 675 g/mol. The van der Waals surface area contributed by atoms with Gasteiger partial charge in [-0.1, -0.05) is 190 Å². The number of hydrogen-bond donors (Lipinski definition) is 0. The lowest BCUT2D eigenvalue weighted by molar-refractivity contribution is 0.922. The largest absolute Gasteiger partial charge is 0.248 e. The topological polar surface area (TPSA) is 12.4 Å². The summed E-state index contributed by atoms with van der Waals surface area (Å²) in [6, 6.07) is 65.9. The highest BCUT2D eigenvalue weighted by atomic mass is 14.8. The van der Waals surface area contributed by atoms with Gasteiger partial charge in [-0.15, -0.1) is 0 Å². The summed E-state index contributed by atoms with van der Waals surface area (Å²) in [7, 11) is 0. The Morgan fingerprint density at radius 1 is 0.500 bits per heavy atom. The quantitative estimate of drug-likeness (QED) is 0.104. The predicted octanol–water partition coefficient (Wildman–Crippen LogP) is 15.1. The molecule has 9 rings (SSSR count). The zero-order valence-corrected chi connectivity index (χ0v) is 32.0. The van der Waals surface area contributed by atoms with Gasteiger partial charge in [0.25, 0.3) is 0 Å². The molecule has 0 spiro atoms. The second-order valence-electron chi connectivity index (χ2n) is 14.7. The summed E-state index contributed by atoms with van der Waals surface area (Å²) in [4.78, 5) is 5.31. The maximum absolute atomic E-state index is 5.31. The van der Waals surface area contributed by atoms with Crippen molar-refractivity contribution in [3.8, 4) is 22.3 Å². The van der Waals surface area contributed by atoms with Crippen LogP contribution in [0.15, 0.2) is 200 Å². The Morgan fingerprint density at radius 2 is 1.12 bits per heavy atom. The Morgan fingerprint density at radius 3 is 1.89 bits per heavy atom. The van der Waals surface area contributed by atoms with Crippen LogP contribution in [0.5, 0.6) is 0 Å². The van der Waals surface area contributed by atoms with Gasteiger partial charge in [0.1, 0.15) is 0 Å². The minimum Gasteiger partial charge on any atom is -0.248 e. The molecule has 9 aromatic rings. The number of nitrogens with zero attached hydrogens (tertiary/aromatic N) is 1. The maximum atomic E-state index is 5.31. The Labute approximate surface area is 329 Å².